The molecule has 0 aliphatic carbocycles. The van der Waals surface area contributed by atoms with Gasteiger partial charge in [-0.25, -0.2) is 0 Å². The first kappa shape index (κ1) is 13.6. The molecule has 1 aromatic heterocycles. The van der Waals surface area contributed by atoms with Crippen molar-refractivity contribution in [3.8, 4) is 0 Å². The summed E-state index contributed by atoms with van der Waals surface area (Å²) in [7, 11) is 0. The maximum absolute atomic E-state index is 11.5. The van der Waals surface area contributed by atoms with Gasteiger partial charge in [-0.2, -0.15) is 0 Å². The van der Waals surface area contributed by atoms with Crippen LogP contribution in [0.4, 0.5) is 0 Å². The summed E-state index contributed by atoms with van der Waals surface area (Å²) < 4.78 is 0. The van der Waals surface area contributed by atoms with Crippen LogP contribution in [-0.4, -0.2) is 30.5 Å². The molecule has 1 heterocycles. The van der Waals surface area contributed by atoms with E-state index >= 15 is 0 Å². The zero-order valence-corrected chi connectivity index (χ0v) is 10.4. The first-order valence-electron chi connectivity index (χ1n) is 6.19. The highest BCUT2D eigenvalue weighted by Crippen LogP contribution is 1.99. The van der Waals surface area contributed by atoms with E-state index in [2.05, 4.69) is 22.5 Å². The fourth-order valence-electron chi connectivity index (χ4n) is 1.48. The monoisotopic (exact) mass is 235 g/mol. The molecule has 0 unspecified atom stereocenters. The molecule has 1 amide bonds. The van der Waals surface area contributed by atoms with E-state index in [1.807, 2.05) is 12.1 Å². The molecule has 17 heavy (non-hydrogen) atoms. The first-order valence-corrected chi connectivity index (χ1v) is 6.19. The molecule has 0 fully saturated rings. The van der Waals surface area contributed by atoms with Crippen molar-refractivity contribution < 1.29 is 4.79 Å². The lowest BCUT2D eigenvalue weighted by atomic mass is 10.1. The average molecular weight is 235 g/mol. The zero-order valence-electron chi connectivity index (χ0n) is 10.4. The van der Waals surface area contributed by atoms with Gasteiger partial charge in [0.15, 0.2) is 0 Å². The number of rotatable bonds is 8. The number of hydrogen-bond donors (Lipinski definition) is 2. The van der Waals surface area contributed by atoms with Gasteiger partial charge in [-0.05, 0) is 31.0 Å². The highest BCUT2D eigenvalue weighted by Gasteiger charge is 2.01. The topological polar surface area (TPSA) is 54.0 Å². The minimum absolute atomic E-state index is 0.104. The Hall–Kier alpha value is -1.42. The van der Waals surface area contributed by atoms with E-state index in [1.54, 1.807) is 12.4 Å². The number of hydrogen-bond acceptors (Lipinski definition) is 3. The number of aromatic nitrogens is 1. The van der Waals surface area contributed by atoms with Crippen LogP contribution in [0.25, 0.3) is 0 Å². The molecule has 0 spiro atoms. The molecule has 0 bridgehead atoms. The molecule has 0 atom stereocenters. The Morgan fingerprint density at radius 2 is 2.24 bits per heavy atom. The summed E-state index contributed by atoms with van der Waals surface area (Å²) >= 11 is 0. The van der Waals surface area contributed by atoms with Crippen molar-refractivity contribution in [1.29, 1.82) is 0 Å². The average Bonchev–Trinajstić information content (AvgIpc) is 2.37. The number of amides is 1. The van der Waals surface area contributed by atoms with E-state index in [4.69, 9.17) is 0 Å². The van der Waals surface area contributed by atoms with Crippen LogP contribution >= 0.6 is 0 Å². The summed E-state index contributed by atoms with van der Waals surface area (Å²) in [5, 5.41) is 6.13. The Morgan fingerprint density at radius 3 is 2.94 bits per heavy atom. The third-order valence-corrected chi connectivity index (χ3v) is 2.41. The summed E-state index contributed by atoms with van der Waals surface area (Å²) in [6.45, 7) is 4.67. The largest absolute Gasteiger partial charge is 0.355 e. The van der Waals surface area contributed by atoms with Crippen molar-refractivity contribution in [2.75, 3.05) is 19.6 Å². The summed E-state index contributed by atoms with van der Waals surface area (Å²) in [5.74, 6) is 0.104. The van der Waals surface area contributed by atoms with Crippen molar-refractivity contribution >= 4 is 5.91 Å². The molecule has 0 saturated heterocycles. The van der Waals surface area contributed by atoms with Gasteiger partial charge in [0, 0.05) is 31.9 Å². The van der Waals surface area contributed by atoms with E-state index in [1.165, 1.54) is 0 Å². The van der Waals surface area contributed by atoms with E-state index < -0.39 is 0 Å². The number of carbonyl (C=O) groups is 1. The van der Waals surface area contributed by atoms with Crippen LogP contribution in [0.15, 0.2) is 24.5 Å². The van der Waals surface area contributed by atoms with Gasteiger partial charge in [-0.3, -0.25) is 9.78 Å². The fourth-order valence-corrected chi connectivity index (χ4v) is 1.48. The van der Waals surface area contributed by atoms with E-state index in [-0.39, 0.29) is 5.91 Å². The highest BCUT2D eigenvalue weighted by atomic mass is 16.1. The summed E-state index contributed by atoms with van der Waals surface area (Å²) in [6, 6.07) is 3.88. The van der Waals surface area contributed by atoms with Crippen LogP contribution in [0.1, 0.15) is 25.3 Å². The third-order valence-electron chi connectivity index (χ3n) is 2.41. The van der Waals surface area contributed by atoms with Gasteiger partial charge in [0.2, 0.25) is 5.91 Å². The quantitative estimate of drug-likeness (QED) is 0.664. The van der Waals surface area contributed by atoms with Crippen molar-refractivity contribution in [3.63, 3.8) is 0 Å². The summed E-state index contributed by atoms with van der Waals surface area (Å²) in [6.07, 6.45) is 5.94. The number of pyridine rings is 1. The third kappa shape index (κ3) is 6.68. The molecule has 0 radical (unpaired) electrons. The Morgan fingerprint density at radius 1 is 1.35 bits per heavy atom. The Bertz CT molecular complexity index is 314. The van der Waals surface area contributed by atoms with Crippen LogP contribution in [-0.2, 0) is 11.2 Å². The second-order valence-electron chi connectivity index (χ2n) is 3.96. The Balaban J connectivity index is 2.05. The van der Waals surface area contributed by atoms with Crippen LogP contribution < -0.4 is 10.6 Å². The van der Waals surface area contributed by atoms with Crippen LogP contribution in [0.3, 0.4) is 0 Å². The van der Waals surface area contributed by atoms with Crippen molar-refractivity contribution in [2.45, 2.75) is 26.2 Å². The van der Waals surface area contributed by atoms with Crippen LogP contribution in [0.5, 0.6) is 0 Å². The second-order valence-corrected chi connectivity index (χ2v) is 3.96. The minimum atomic E-state index is 0.104. The summed E-state index contributed by atoms with van der Waals surface area (Å²) in [4.78, 5) is 15.5. The molecular formula is C13H21N3O. The number of nitrogens with one attached hydrogen (secondary N) is 2. The normalized spacial score (nSPS) is 10.2. The molecule has 0 aliphatic rings. The van der Waals surface area contributed by atoms with E-state index in [0.717, 1.165) is 31.5 Å². The first-order chi connectivity index (χ1) is 8.33. The molecule has 0 aromatic carbocycles. The van der Waals surface area contributed by atoms with Gasteiger partial charge in [0.25, 0.3) is 0 Å². The smallest absolute Gasteiger partial charge is 0.220 e. The highest BCUT2D eigenvalue weighted by molar-refractivity contribution is 5.76. The number of nitrogens with zero attached hydrogens (tertiary/aromatic N) is 1. The van der Waals surface area contributed by atoms with Crippen molar-refractivity contribution in [2.24, 2.45) is 0 Å². The molecule has 1 aromatic rings. The van der Waals surface area contributed by atoms with Gasteiger partial charge >= 0.3 is 0 Å². The van der Waals surface area contributed by atoms with Crippen LogP contribution in [0, 0.1) is 0 Å². The van der Waals surface area contributed by atoms with Gasteiger partial charge in [0.05, 0.1) is 0 Å². The van der Waals surface area contributed by atoms with Gasteiger partial charge in [-0.15, -0.1) is 0 Å². The van der Waals surface area contributed by atoms with Crippen molar-refractivity contribution in [1.82, 2.24) is 15.6 Å². The molecule has 94 valence electrons. The molecular weight excluding hydrogens is 214 g/mol. The predicted octanol–water partition coefficient (Wildman–Crippen LogP) is 1.13. The van der Waals surface area contributed by atoms with E-state index in [0.29, 0.717) is 13.0 Å². The lowest BCUT2D eigenvalue weighted by Gasteiger charge is -2.06. The van der Waals surface area contributed by atoms with Crippen LogP contribution in [0.2, 0.25) is 0 Å². The molecule has 1 rings (SSSR count). The predicted molar refractivity (Wildman–Crippen MR) is 68.7 cm³/mol. The molecule has 4 heteroatoms. The summed E-state index contributed by atoms with van der Waals surface area (Å²) in [5.41, 5.74) is 1.10. The lowest BCUT2D eigenvalue weighted by Crippen LogP contribution is -2.32. The number of aryl methyl sites for hydroxylation is 1. The Kier molecular flexibility index (Phi) is 6.98. The second kappa shape index (κ2) is 8.70. The minimum Gasteiger partial charge on any atom is -0.355 e. The lowest BCUT2D eigenvalue weighted by molar-refractivity contribution is -0.121. The molecule has 0 saturated carbocycles. The Labute approximate surface area is 103 Å². The van der Waals surface area contributed by atoms with E-state index in [9.17, 15) is 4.79 Å². The maximum atomic E-state index is 11.5. The fraction of sp³-hybridized carbons (Fsp3) is 0.538. The van der Waals surface area contributed by atoms with Crippen molar-refractivity contribution in [3.05, 3.63) is 30.1 Å². The van der Waals surface area contributed by atoms with Gasteiger partial charge < -0.3 is 10.6 Å². The van der Waals surface area contributed by atoms with Gasteiger partial charge in [0.1, 0.15) is 0 Å². The molecule has 0 aliphatic heterocycles. The standard InChI is InChI=1S/C13H21N3O/c1-2-7-14-9-10-16-13(17)6-5-12-4-3-8-15-11-12/h3-4,8,11,14H,2,5-7,9-10H2,1H3,(H,16,17). The SMILES string of the molecule is CCCNCCNC(=O)CCc1cccnc1. The zero-order chi connectivity index (χ0) is 12.3. The molecule has 2 N–H and O–H groups in total. The number of carbonyl (C=O) groups excluding carboxylic acids is 1. The maximum Gasteiger partial charge on any atom is 0.220 e. The molecule has 4 nitrogen and oxygen atoms in total. The van der Waals surface area contributed by atoms with Gasteiger partial charge in [-0.1, -0.05) is 13.0 Å².